The third kappa shape index (κ3) is 1.61. The molecule has 0 atom stereocenters. The molecule has 1 aromatic heterocycles. The number of aryl methyl sites for hydroxylation is 1. The Morgan fingerprint density at radius 1 is 1.54 bits per heavy atom. The first kappa shape index (κ1) is 8.75. The van der Waals surface area contributed by atoms with Crippen molar-refractivity contribution in [2.24, 2.45) is 12.5 Å². The summed E-state index contributed by atoms with van der Waals surface area (Å²) in [6, 6.07) is 0. The summed E-state index contributed by atoms with van der Waals surface area (Å²) in [6.45, 7) is 6.64. The molecule has 0 fully saturated rings. The highest BCUT2D eigenvalue weighted by atomic mass is 15.3. The molecule has 0 saturated carbocycles. The van der Waals surface area contributed by atoms with E-state index in [0.29, 0.717) is 5.41 Å². The van der Waals surface area contributed by atoms with Crippen LogP contribution in [0.4, 0.5) is 0 Å². The zero-order chi connectivity index (χ0) is 9.47. The van der Waals surface area contributed by atoms with Crippen LogP contribution in [0.15, 0.2) is 6.20 Å². The molecule has 1 aliphatic heterocycles. The van der Waals surface area contributed by atoms with Gasteiger partial charge in [-0.3, -0.25) is 4.68 Å². The van der Waals surface area contributed by atoms with E-state index in [1.807, 2.05) is 17.9 Å². The summed E-state index contributed by atoms with van der Waals surface area (Å²) in [7, 11) is 2.03. The molecule has 1 N–H and O–H groups in total. The second-order valence-electron chi connectivity index (χ2n) is 4.68. The summed E-state index contributed by atoms with van der Waals surface area (Å²) in [5, 5.41) is 7.74. The number of hydrogen-bond donors (Lipinski definition) is 1. The van der Waals surface area contributed by atoms with E-state index in [1.165, 1.54) is 11.3 Å². The fourth-order valence-corrected chi connectivity index (χ4v) is 1.94. The van der Waals surface area contributed by atoms with Crippen LogP contribution in [-0.4, -0.2) is 16.3 Å². The van der Waals surface area contributed by atoms with Gasteiger partial charge in [-0.25, -0.2) is 0 Å². The van der Waals surface area contributed by atoms with E-state index in [-0.39, 0.29) is 0 Å². The molecule has 0 aromatic carbocycles. The van der Waals surface area contributed by atoms with Gasteiger partial charge in [-0.15, -0.1) is 0 Å². The summed E-state index contributed by atoms with van der Waals surface area (Å²) < 4.78 is 2.00. The van der Waals surface area contributed by atoms with Crippen molar-refractivity contribution < 1.29 is 0 Å². The average molecular weight is 179 g/mol. The summed E-state index contributed by atoms with van der Waals surface area (Å²) in [5.41, 5.74) is 3.09. The molecule has 0 radical (unpaired) electrons. The van der Waals surface area contributed by atoms with Crippen LogP contribution in [0, 0.1) is 5.41 Å². The Labute approximate surface area is 79.1 Å². The van der Waals surface area contributed by atoms with Gasteiger partial charge in [-0.1, -0.05) is 13.8 Å². The summed E-state index contributed by atoms with van der Waals surface area (Å²) >= 11 is 0. The fraction of sp³-hybridized carbons (Fsp3) is 0.700. The molecule has 0 aliphatic carbocycles. The van der Waals surface area contributed by atoms with E-state index in [1.54, 1.807) is 0 Å². The van der Waals surface area contributed by atoms with Crippen molar-refractivity contribution in [2.75, 3.05) is 6.54 Å². The van der Waals surface area contributed by atoms with Gasteiger partial charge in [0.05, 0.1) is 6.20 Å². The van der Waals surface area contributed by atoms with Crippen molar-refractivity contribution in [1.82, 2.24) is 15.1 Å². The first-order chi connectivity index (χ1) is 6.08. The van der Waals surface area contributed by atoms with Crippen molar-refractivity contribution in [1.29, 1.82) is 0 Å². The van der Waals surface area contributed by atoms with Crippen molar-refractivity contribution in [3.05, 3.63) is 17.5 Å². The molecule has 0 bridgehead atoms. The van der Waals surface area contributed by atoms with Crippen LogP contribution in [0.25, 0.3) is 0 Å². The molecule has 2 rings (SSSR count). The van der Waals surface area contributed by atoms with Crippen molar-refractivity contribution >= 4 is 0 Å². The fourth-order valence-electron chi connectivity index (χ4n) is 1.94. The summed E-state index contributed by atoms with van der Waals surface area (Å²) in [6.07, 6.45) is 3.09. The lowest BCUT2D eigenvalue weighted by Gasteiger charge is -2.22. The molecule has 0 amide bonds. The standard InChI is InChI=1S/C10H17N3/c1-10(2)4-9-8(5-11-7-10)6-12-13(9)3/h6,11H,4-5,7H2,1-3H3. The van der Waals surface area contributed by atoms with Crippen LogP contribution in [0.2, 0.25) is 0 Å². The Hall–Kier alpha value is -0.830. The zero-order valence-corrected chi connectivity index (χ0v) is 8.59. The predicted octanol–water partition coefficient (Wildman–Crippen LogP) is 1.09. The molecule has 1 aromatic rings. The van der Waals surface area contributed by atoms with Crippen LogP contribution in [0.1, 0.15) is 25.1 Å². The molecule has 0 spiro atoms. The second-order valence-corrected chi connectivity index (χ2v) is 4.68. The minimum atomic E-state index is 0.346. The third-order valence-electron chi connectivity index (χ3n) is 2.71. The third-order valence-corrected chi connectivity index (χ3v) is 2.71. The molecule has 0 unspecified atom stereocenters. The van der Waals surface area contributed by atoms with Crippen LogP contribution in [0.5, 0.6) is 0 Å². The minimum absolute atomic E-state index is 0.346. The number of fused-ring (bicyclic) bond motifs is 1. The Bertz CT molecular complexity index is 312. The van der Waals surface area contributed by atoms with Crippen LogP contribution < -0.4 is 5.32 Å². The number of nitrogens with zero attached hydrogens (tertiary/aromatic N) is 2. The van der Waals surface area contributed by atoms with E-state index in [9.17, 15) is 0 Å². The smallest absolute Gasteiger partial charge is 0.0537 e. The molecule has 2 heterocycles. The van der Waals surface area contributed by atoms with Gasteiger partial charge < -0.3 is 5.32 Å². The Morgan fingerprint density at radius 3 is 3.08 bits per heavy atom. The Kier molecular flexibility index (Phi) is 1.91. The van der Waals surface area contributed by atoms with Crippen LogP contribution >= 0.6 is 0 Å². The molecular weight excluding hydrogens is 162 g/mol. The highest BCUT2D eigenvalue weighted by Gasteiger charge is 2.24. The molecule has 13 heavy (non-hydrogen) atoms. The minimum Gasteiger partial charge on any atom is -0.312 e. The Balaban J connectivity index is 2.37. The maximum atomic E-state index is 4.28. The van der Waals surface area contributed by atoms with Gasteiger partial charge in [-0.2, -0.15) is 5.10 Å². The summed E-state index contributed by atoms with van der Waals surface area (Å²) in [4.78, 5) is 0. The maximum absolute atomic E-state index is 4.28. The topological polar surface area (TPSA) is 29.9 Å². The lowest BCUT2D eigenvalue weighted by Crippen LogP contribution is -2.28. The maximum Gasteiger partial charge on any atom is 0.0537 e. The zero-order valence-electron chi connectivity index (χ0n) is 8.59. The molecule has 0 saturated heterocycles. The Morgan fingerprint density at radius 2 is 2.31 bits per heavy atom. The van der Waals surface area contributed by atoms with E-state index >= 15 is 0 Å². The van der Waals surface area contributed by atoms with Crippen molar-refractivity contribution in [2.45, 2.75) is 26.8 Å². The quantitative estimate of drug-likeness (QED) is 0.646. The average Bonchev–Trinajstić information content (AvgIpc) is 2.31. The van der Waals surface area contributed by atoms with Gasteiger partial charge in [0.2, 0.25) is 0 Å². The lowest BCUT2D eigenvalue weighted by molar-refractivity contribution is 0.341. The monoisotopic (exact) mass is 179 g/mol. The number of aromatic nitrogens is 2. The molecule has 3 heteroatoms. The number of hydrogen-bond acceptors (Lipinski definition) is 2. The first-order valence-electron chi connectivity index (χ1n) is 4.79. The van der Waals surface area contributed by atoms with Gasteiger partial charge >= 0.3 is 0 Å². The molecule has 72 valence electrons. The molecule has 1 aliphatic rings. The SMILES string of the molecule is Cn1ncc2c1CC(C)(C)CNC2. The normalized spacial score (nSPS) is 20.8. The second kappa shape index (κ2) is 2.84. The number of nitrogens with one attached hydrogen (secondary N) is 1. The van der Waals surface area contributed by atoms with Crippen LogP contribution in [-0.2, 0) is 20.0 Å². The first-order valence-corrected chi connectivity index (χ1v) is 4.79. The van der Waals surface area contributed by atoms with E-state index in [2.05, 4.69) is 24.3 Å². The van der Waals surface area contributed by atoms with Gasteiger partial charge in [0.15, 0.2) is 0 Å². The van der Waals surface area contributed by atoms with Gasteiger partial charge in [0, 0.05) is 31.4 Å². The summed E-state index contributed by atoms with van der Waals surface area (Å²) in [5.74, 6) is 0. The van der Waals surface area contributed by atoms with Gasteiger partial charge in [-0.05, 0) is 11.8 Å². The van der Waals surface area contributed by atoms with E-state index in [4.69, 9.17) is 0 Å². The van der Waals surface area contributed by atoms with E-state index in [0.717, 1.165) is 19.5 Å². The highest BCUT2D eigenvalue weighted by Crippen LogP contribution is 2.25. The predicted molar refractivity (Wildman–Crippen MR) is 52.4 cm³/mol. The largest absolute Gasteiger partial charge is 0.312 e. The van der Waals surface area contributed by atoms with Crippen molar-refractivity contribution in [3.8, 4) is 0 Å². The van der Waals surface area contributed by atoms with Crippen LogP contribution in [0.3, 0.4) is 0 Å². The van der Waals surface area contributed by atoms with Crippen molar-refractivity contribution in [3.63, 3.8) is 0 Å². The molecular formula is C10H17N3. The molecule has 3 nitrogen and oxygen atoms in total. The van der Waals surface area contributed by atoms with E-state index < -0.39 is 0 Å². The van der Waals surface area contributed by atoms with Gasteiger partial charge in [0.1, 0.15) is 0 Å². The lowest BCUT2D eigenvalue weighted by atomic mass is 9.88. The number of rotatable bonds is 0. The highest BCUT2D eigenvalue weighted by molar-refractivity contribution is 5.20. The van der Waals surface area contributed by atoms with Gasteiger partial charge in [0.25, 0.3) is 0 Å².